The van der Waals surface area contributed by atoms with E-state index in [2.05, 4.69) is 26.5 Å². The first-order valence-corrected chi connectivity index (χ1v) is 12.7. The Morgan fingerprint density at radius 3 is 2.51 bits per heavy atom. The number of nitrogens with one attached hydrogen (secondary N) is 3. The molecule has 6 N–H and O–H groups in total. The van der Waals surface area contributed by atoms with Gasteiger partial charge in [0.2, 0.25) is 6.41 Å². The standard InChI is InChI=1S/C24H25F2N5O4S.CH4N2.CH4O/c1-15-4-6-16(7-5-15)29-22(18-10-17(34-3)11-19(21(18)26)35-9-8-25)23(27-13-33)30-31(2)24-20(12-32)36-14-28-24;2-1-3;1-2/h4-7,10-14,22,29H,8-9H2,1-3H3,(H,27,30,33);1H,(H3,2,3);2H,1H3. The number of amidine groups is 1. The number of aromatic nitrogens is 1. The molecule has 3 aromatic rings. The Morgan fingerprint density at radius 1 is 1.29 bits per heavy atom. The van der Waals surface area contributed by atoms with E-state index in [0.29, 0.717) is 23.3 Å². The highest BCUT2D eigenvalue weighted by Gasteiger charge is 2.27. The molecule has 0 spiro atoms. The zero-order valence-corrected chi connectivity index (χ0v) is 23.7. The molecule has 1 atom stereocenters. The minimum absolute atomic E-state index is 0.0125. The maximum absolute atomic E-state index is 15.7. The van der Waals surface area contributed by atoms with Crippen LogP contribution in [0.25, 0.3) is 0 Å². The number of amides is 1. The van der Waals surface area contributed by atoms with Gasteiger partial charge in [0, 0.05) is 31.5 Å². The molecule has 1 aromatic heterocycles. The number of aliphatic hydroxyl groups is 1. The molecule has 1 heterocycles. The summed E-state index contributed by atoms with van der Waals surface area (Å²) in [6, 6.07) is 8.95. The predicted molar refractivity (Wildman–Crippen MR) is 156 cm³/mol. The van der Waals surface area contributed by atoms with Gasteiger partial charge in [0.1, 0.15) is 29.9 Å². The van der Waals surface area contributed by atoms with Crippen LogP contribution in [0.3, 0.4) is 0 Å². The summed E-state index contributed by atoms with van der Waals surface area (Å²) in [6.07, 6.45) is 1.79. The third-order valence-corrected chi connectivity index (χ3v) is 5.76. The van der Waals surface area contributed by atoms with Crippen LogP contribution in [0.5, 0.6) is 11.5 Å². The van der Waals surface area contributed by atoms with E-state index < -0.39 is 18.5 Å². The lowest BCUT2D eigenvalue weighted by Crippen LogP contribution is -2.36. The van der Waals surface area contributed by atoms with Gasteiger partial charge in [-0.2, -0.15) is 5.10 Å². The van der Waals surface area contributed by atoms with Crippen molar-refractivity contribution in [1.29, 1.82) is 5.41 Å². The number of hydrazone groups is 1. The molecular formula is C26H33F2N7O5S. The number of aryl methyl sites for hydroxylation is 1. The first-order chi connectivity index (χ1) is 19.8. The minimum Gasteiger partial charge on any atom is -0.497 e. The molecule has 0 aliphatic heterocycles. The van der Waals surface area contributed by atoms with Crippen LogP contribution in [0.4, 0.5) is 20.3 Å². The SMILES string of the molecule is CO.COc1cc(OCCF)c(F)c(C(Nc2ccc(C)cc2)/C(=N/N(C)c2ncsc2C=O)NC=O)c1.N=CN. The highest BCUT2D eigenvalue weighted by molar-refractivity contribution is 7.11. The van der Waals surface area contributed by atoms with Crippen molar-refractivity contribution in [2.45, 2.75) is 13.0 Å². The number of carbonyl (C=O) groups is 2. The monoisotopic (exact) mass is 593 g/mol. The van der Waals surface area contributed by atoms with Crippen molar-refractivity contribution in [2.24, 2.45) is 10.8 Å². The number of nitrogens with zero attached hydrogens (tertiary/aromatic N) is 3. The summed E-state index contributed by atoms with van der Waals surface area (Å²) in [6.45, 7) is 0.758. The molecule has 0 aliphatic carbocycles. The fourth-order valence-corrected chi connectivity index (χ4v) is 3.91. The van der Waals surface area contributed by atoms with Gasteiger partial charge in [-0.1, -0.05) is 17.7 Å². The Morgan fingerprint density at radius 2 is 1.95 bits per heavy atom. The number of methoxy groups -OCH3 is 1. The van der Waals surface area contributed by atoms with E-state index in [1.165, 1.54) is 36.8 Å². The van der Waals surface area contributed by atoms with Crippen LogP contribution in [0.2, 0.25) is 0 Å². The highest BCUT2D eigenvalue weighted by atomic mass is 32.1. The summed E-state index contributed by atoms with van der Waals surface area (Å²) < 4.78 is 39.0. The molecule has 15 heteroatoms. The molecule has 2 aromatic carbocycles. The molecule has 0 fully saturated rings. The third-order valence-electron chi connectivity index (χ3n) is 5.01. The Bertz CT molecular complexity index is 1280. The van der Waals surface area contributed by atoms with Gasteiger partial charge in [0.05, 0.1) is 19.0 Å². The molecule has 1 unspecified atom stereocenters. The number of hydrogen-bond donors (Lipinski definition) is 5. The van der Waals surface area contributed by atoms with Crippen molar-refractivity contribution in [1.82, 2.24) is 10.3 Å². The van der Waals surface area contributed by atoms with E-state index in [-0.39, 0.29) is 35.3 Å². The Hall–Kier alpha value is -4.63. The molecule has 3 rings (SSSR count). The molecule has 0 radical (unpaired) electrons. The Kier molecular flexibility index (Phi) is 15.6. The first-order valence-electron chi connectivity index (χ1n) is 11.8. The zero-order chi connectivity index (χ0) is 30.8. The zero-order valence-electron chi connectivity index (χ0n) is 22.9. The van der Waals surface area contributed by atoms with Gasteiger partial charge in [-0.3, -0.25) is 15.0 Å². The first kappa shape index (κ1) is 34.4. The largest absolute Gasteiger partial charge is 0.497 e. The average Bonchev–Trinajstić information content (AvgIpc) is 3.47. The van der Waals surface area contributed by atoms with Gasteiger partial charge in [0.25, 0.3) is 0 Å². The minimum atomic E-state index is -1.07. The van der Waals surface area contributed by atoms with Gasteiger partial charge >= 0.3 is 0 Å². The van der Waals surface area contributed by atoms with Gasteiger partial charge in [0.15, 0.2) is 29.5 Å². The van der Waals surface area contributed by atoms with Crippen LogP contribution >= 0.6 is 11.3 Å². The highest BCUT2D eigenvalue weighted by Crippen LogP contribution is 2.34. The molecule has 0 aliphatic rings. The predicted octanol–water partition coefficient (Wildman–Crippen LogP) is 3.27. The number of aldehydes is 1. The van der Waals surface area contributed by atoms with Gasteiger partial charge < -0.3 is 30.9 Å². The van der Waals surface area contributed by atoms with Crippen LogP contribution in [0.1, 0.15) is 26.8 Å². The number of ether oxygens (including phenoxy) is 2. The molecule has 222 valence electrons. The van der Waals surface area contributed by atoms with E-state index in [9.17, 15) is 14.0 Å². The summed E-state index contributed by atoms with van der Waals surface area (Å²) in [7, 11) is 3.93. The van der Waals surface area contributed by atoms with E-state index in [4.69, 9.17) is 20.0 Å². The van der Waals surface area contributed by atoms with Gasteiger partial charge in [-0.25, -0.2) is 18.8 Å². The third kappa shape index (κ3) is 10.1. The number of aliphatic hydroxyl groups excluding tert-OH is 1. The van der Waals surface area contributed by atoms with Gasteiger partial charge in [-0.15, -0.1) is 11.3 Å². The molecule has 0 saturated heterocycles. The Balaban J connectivity index is 0.00000157. The van der Waals surface area contributed by atoms with Gasteiger partial charge in [-0.05, 0) is 25.1 Å². The fourth-order valence-electron chi connectivity index (χ4n) is 3.30. The number of thiazole rings is 1. The van der Waals surface area contributed by atoms with Crippen LogP contribution in [-0.4, -0.2) is 69.5 Å². The summed E-state index contributed by atoms with van der Waals surface area (Å²) >= 11 is 1.12. The number of nitrogens with two attached hydrogens (primary N) is 1. The van der Waals surface area contributed by atoms with E-state index in [0.717, 1.165) is 30.3 Å². The average molecular weight is 594 g/mol. The maximum atomic E-state index is 15.7. The second-order valence-corrected chi connectivity index (χ2v) is 8.49. The number of alkyl halides is 1. The van der Waals surface area contributed by atoms with Crippen molar-refractivity contribution < 1.29 is 33.0 Å². The number of hydrogen-bond acceptors (Lipinski definition) is 11. The lowest BCUT2D eigenvalue weighted by atomic mass is 10.0. The normalized spacial score (nSPS) is 11.0. The molecule has 0 bridgehead atoms. The quantitative estimate of drug-likeness (QED) is 0.0913. The molecule has 0 saturated carbocycles. The molecule has 12 nitrogen and oxygen atoms in total. The number of benzene rings is 2. The summed E-state index contributed by atoms with van der Waals surface area (Å²) in [4.78, 5) is 27.4. The van der Waals surface area contributed by atoms with E-state index in [1.807, 2.05) is 19.1 Å². The lowest BCUT2D eigenvalue weighted by Gasteiger charge is -2.25. The van der Waals surface area contributed by atoms with Crippen LogP contribution in [0, 0.1) is 18.2 Å². The van der Waals surface area contributed by atoms with E-state index in [1.54, 1.807) is 12.1 Å². The molecular weight excluding hydrogens is 560 g/mol. The van der Waals surface area contributed by atoms with E-state index >= 15 is 4.39 Å². The Labute approximate surface area is 240 Å². The van der Waals surface area contributed by atoms with Crippen molar-refractivity contribution in [3.8, 4) is 11.5 Å². The smallest absolute Gasteiger partial charge is 0.212 e. The number of carbonyl (C=O) groups excluding carboxylic acids is 2. The molecule has 1 amide bonds. The second kappa shape index (κ2) is 18.6. The second-order valence-electron chi connectivity index (χ2n) is 7.61. The molecule has 41 heavy (non-hydrogen) atoms. The summed E-state index contributed by atoms with van der Waals surface area (Å²) in [5.74, 6) is -0.523. The van der Waals surface area contributed by atoms with Crippen LogP contribution in [0.15, 0.2) is 47.0 Å². The summed E-state index contributed by atoms with van der Waals surface area (Å²) in [5.41, 5.74) is 7.50. The van der Waals surface area contributed by atoms with Crippen molar-refractivity contribution in [3.05, 3.63) is 63.7 Å². The number of anilines is 2. The number of halogens is 2. The van der Waals surface area contributed by atoms with Crippen LogP contribution < -0.4 is 30.8 Å². The maximum Gasteiger partial charge on any atom is 0.212 e. The van der Waals surface area contributed by atoms with Crippen LogP contribution in [-0.2, 0) is 4.79 Å². The van der Waals surface area contributed by atoms with Crippen molar-refractivity contribution in [3.63, 3.8) is 0 Å². The summed E-state index contributed by atoms with van der Waals surface area (Å²) in [5, 5.41) is 24.3. The van der Waals surface area contributed by atoms with Crippen molar-refractivity contribution in [2.75, 3.05) is 44.9 Å². The lowest BCUT2D eigenvalue weighted by molar-refractivity contribution is -0.108. The fraction of sp³-hybridized carbons (Fsp3) is 0.269. The number of rotatable bonds is 12. The van der Waals surface area contributed by atoms with Crippen molar-refractivity contribution >= 4 is 47.7 Å². The topological polar surface area (TPSA) is 175 Å².